The highest BCUT2D eigenvalue weighted by atomic mass is 16.3. The first-order chi connectivity index (χ1) is 7.93. The third-order valence-corrected chi connectivity index (χ3v) is 3.24. The predicted molar refractivity (Wildman–Crippen MR) is 64.8 cm³/mol. The fourth-order valence-electron chi connectivity index (χ4n) is 2.34. The summed E-state index contributed by atoms with van der Waals surface area (Å²) < 4.78 is 5.45. The van der Waals surface area contributed by atoms with Crippen LogP contribution in [0.25, 0.3) is 0 Å². The standard InChI is InChI=1S/C14H15NO/c1-2-5-13-8-10-15(9-7-12(13)4-1)14-6-3-11-16-14/h1-6,11H,7-10H2. The van der Waals surface area contributed by atoms with Gasteiger partial charge < -0.3 is 9.32 Å². The van der Waals surface area contributed by atoms with Crippen molar-refractivity contribution in [1.82, 2.24) is 0 Å². The average molecular weight is 213 g/mol. The monoisotopic (exact) mass is 213 g/mol. The summed E-state index contributed by atoms with van der Waals surface area (Å²) in [6.45, 7) is 2.09. The van der Waals surface area contributed by atoms with E-state index in [1.165, 1.54) is 11.1 Å². The van der Waals surface area contributed by atoms with Crippen LogP contribution >= 0.6 is 0 Å². The lowest BCUT2D eigenvalue weighted by Gasteiger charge is -2.18. The molecule has 82 valence electrons. The summed E-state index contributed by atoms with van der Waals surface area (Å²) in [5, 5.41) is 0. The van der Waals surface area contributed by atoms with E-state index in [-0.39, 0.29) is 0 Å². The lowest BCUT2D eigenvalue weighted by Crippen LogP contribution is -2.25. The highest BCUT2D eigenvalue weighted by Gasteiger charge is 2.14. The van der Waals surface area contributed by atoms with Gasteiger partial charge >= 0.3 is 0 Å². The summed E-state index contributed by atoms with van der Waals surface area (Å²) in [5.74, 6) is 0.993. The van der Waals surface area contributed by atoms with E-state index in [1.54, 1.807) is 6.26 Å². The molecule has 0 N–H and O–H groups in total. The molecule has 0 saturated heterocycles. The summed E-state index contributed by atoms with van der Waals surface area (Å²) in [6, 6.07) is 12.7. The molecule has 0 amide bonds. The second kappa shape index (κ2) is 4.05. The van der Waals surface area contributed by atoms with Crippen LogP contribution in [-0.2, 0) is 12.8 Å². The number of fused-ring (bicyclic) bond motifs is 1. The van der Waals surface area contributed by atoms with Crippen molar-refractivity contribution in [3.63, 3.8) is 0 Å². The summed E-state index contributed by atoms with van der Waals surface area (Å²) in [6.07, 6.45) is 3.96. The Kier molecular flexibility index (Phi) is 2.41. The molecule has 2 nitrogen and oxygen atoms in total. The van der Waals surface area contributed by atoms with Gasteiger partial charge in [-0.25, -0.2) is 0 Å². The topological polar surface area (TPSA) is 16.4 Å². The summed E-state index contributed by atoms with van der Waals surface area (Å²) in [5.41, 5.74) is 2.97. The lowest BCUT2D eigenvalue weighted by molar-refractivity contribution is 0.545. The number of furan rings is 1. The minimum Gasteiger partial charge on any atom is -0.449 e. The molecule has 0 bridgehead atoms. The van der Waals surface area contributed by atoms with E-state index in [0.29, 0.717) is 0 Å². The number of rotatable bonds is 1. The number of hydrogen-bond donors (Lipinski definition) is 0. The van der Waals surface area contributed by atoms with Crippen LogP contribution in [-0.4, -0.2) is 13.1 Å². The fourth-order valence-corrected chi connectivity index (χ4v) is 2.34. The molecule has 2 heterocycles. The molecule has 0 saturated carbocycles. The van der Waals surface area contributed by atoms with E-state index in [2.05, 4.69) is 29.2 Å². The number of benzene rings is 1. The number of nitrogens with zero attached hydrogens (tertiary/aromatic N) is 1. The van der Waals surface area contributed by atoms with Gasteiger partial charge in [-0.05, 0) is 30.0 Å². The molecule has 0 unspecified atom stereocenters. The third kappa shape index (κ3) is 1.71. The zero-order valence-electron chi connectivity index (χ0n) is 9.23. The highest BCUT2D eigenvalue weighted by molar-refractivity contribution is 5.38. The van der Waals surface area contributed by atoms with Gasteiger partial charge in [-0.1, -0.05) is 24.3 Å². The van der Waals surface area contributed by atoms with Crippen LogP contribution in [0, 0.1) is 0 Å². The normalized spacial score (nSPS) is 15.6. The Hall–Kier alpha value is -1.70. The van der Waals surface area contributed by atoms with Crippen LogP contribution in [0.5, 0.6) is 0 Å². The second-order valence-electron chi connectivity index (χ2n) is 4.21. The highest BCUT2D eigenvalue weighted by Crippen LogP contribution is 2.20. The quantitative estimate of drug-likeness (QED) is 0.724. The van der Waals surface area contributed by atoms with Crippen LogP contribution in [0.4, 0.5) is 5.88 Å². The Morgan fingerprint density at radius 1 is 0.875 bits per heavy atom. The molecule has 0 spiro atoms. The zero-order valence-corrected chi connectivity index (χ0v) is 9.23. The summed E-state index contributed by atoms with van der Waals surface area (Å²) >= 11 is 0. The molecule has 0 radical (unpaired) electrons. The van der Waals surface area contributed by atoms with Crippen LogP contribution in [0.3, 0.4) is 0 Å². The second-order valence-corrected chi connectivity index (χ2v) is 4.21. The molecule has 1 aliphatic heterocycles. The predicted octanol–water partition coefficient (Wildman–Crippen LogP) is 2.88. The van der Waals surface area contributed by atoms with Crippen molar-refractivity contribution in [3.8, 4) is 0 Å². The van der Waals surface area contributed by atoms with E-state index in [4.69, 9.17) is 4.42 Å². The Bertz CT molecular complexity index is 434. The molecular weight excluding hydrogens is 198 g/mol. The Morgan fingerprint density at radius 2 is 1.56 bits per heavy atom. The molecule has 2 aromatic rings. The molecule has 1 aliphatic rings. The summed E-state index contributed by atoms with van der Waals surface area (Å²) in [7, 11) is 0. The van der Waals surface area contributed by atoms with E-state index in [1.807, 2.05) is 12.1 Å². The van der Waals surface area contributed by atoms with Gasteiger partial charge in [-0.3, -0.25) is 0 Å². The SMILES string of the molecule is c1coc(N2CCc3ccccc3CC2)c1. The molecule has 1 aromatic heterocycles. The fraction of sp³-hybridized carbons (Fsp3) is 0.286. The van der Waals surface area contributed by atoms with Gasteiger partial charge in [0, 0.05) is 19.2 Å². The molecule has 16 heavy (non-hydrogen) atoms. The van der Waals surface area contributed by atoms with E-state index >= 15 is 0 Å². The largest absolute Gasteiger partial charge is 0.449 e. The van der Waals surface area contributed by atoms with Crippen molar-refractivity contribution >= 4 is 5.88 Å². The van der Waals surface area contributed by atoms with Crippen molar-refractivity contribution in [2.24, 2.45) is 0 Å². The van der Waals surface area contributed by atoms with Crippen LogP contribution in [0.15, 0.2) is 47.1 Å². The molecule has 1 aromatic carbocycles. The van der Waals surface area contributed by atoms with Gasteiger partial charge in [0.1, 0.15) is 0 Å². The van der Waals surface area contributed by atoms with Gasteiger partial charge in [0.15, 0.2) is 5.88 Å². The van der Waals surface area contributed by atoms with Gasteiger partial charge in [0.25, 0.3) is 0 Å². The van der Waals surface area contributed by atoms with Crippen LogP contribution in [0.2, 0.25) is 0 Å². The first-order valence-corrected chi connectivity index (χ1v) is 5.79. The molecule has 3 rings (SSSR count). The first-order valence-electron chi connectivity index (χ1n) is 5.79. The van der Waals surface area contributed by atoms with Gasteiger partial charge in [-0.2, -0.15) is 0 Å². The summed E-state index contributed by atoms with van der Waals surface area (Å²) in [4.78, 5) is 2.32. The maximum Gasteiger partial charge on any atom is 0.195 e. The van der Waals surface area contributed by atoms with Gasteiger partial charge in [0.05, 0.1) is 6.26 Å². The van der Waals surface area contributed by atoms with Gasteiger partial charge in [-0.15, -0.1) is 0 Å². The lowest BCUT2D eigenvalue weighted by atomic mass is 10.0. The Morgan fingerprint density at radius 3 is 2.12 bits per heavy atom. The Labute approximate surface area is 95.5 Å². The minimum atomic E-state index is 0.993. The van der Waals surface area contributed by atoms with Crippen LogP contribution in [0.1, 0.15) is 11.1 Å². The Balaban J connectivity index is 1.82. The maximum absolute atomic E-state index is 5.45. The molecule has 2 heteroatoms. The van der Waals surface area contributed by atoms with Crippen molar-refractivity contribution in [2.75, 3.05) is 18.0 Å². The van der Waals surface area contributed by atoms with Crippen molar-refractivity contribution < 1.29 is 4.42 Å². The van der Waals surface area contributed by atoms with E-state index in [0.717, 1.165) is 31.8 Å². The average Bonchev–Trinajstić information content (AvgIpc) is 2.76. The number of hydrogen-bond acceptors (Lipinski definition) is 2. The maximum atomic E-state index is 5.45. The third-order valence-electron chi connectivity index (χ3n) is 3.24. The van der Waals surface area contributed by atoms with Gasteiger partial charge in [0.2, 0.25) is 0 Å². The van der Waals surface area contributed by atoms with E-state index < -0.39 is 0 Å². The molecule has 0 fully saturated rings. The zero-order chi connectivity index (χ0) is 10.8. The first kappa shape index (κ1) is 9.52. The van der Waals surface area contributed by atoms with E-state index in [9.17, 15) is 0 Å². The van der Waals surface area contributed by atoms with Crippen LogP contribution < -0.4 is 4.90 Å². The number of anilines is 1. The van der Waals surface area contributed by atoms with Crippen molar-refractivity contribution in [2.45, 2.75) is 12.8 Å². The minimum absolute atomic E-state index is 0.993. The molecule has 0 atom stereocenters. The van der Waals surface area contributed by atoms with Crippen molar-refractivity contribution in [1.29, 1.82) is 0 Å². The molecular formula is C14H15NO. The smallest absolute Gasteiger partial charge is 0.195 e. The van der Waals surface area contributed by atoms with Crippen molar-refractivity contribution in [3.05, 3.63) is 53.8 Å². The molecule has 0 aliphatic carbocycles.